The first-order chi connectivity index (χ1) is 12.9. The van der Waals surface area contributed by atoms with Gasteiger partial charge in [-0.3, -0.25) is 14.5 Å². The molecular formula is C21H33N3O3. The summed E-state index contributed by atoms with van der Waals surface area (Å²) in [7, 11) is 1.90. The number of furan rings is 1. The van der Waals surface area contributed by atoms with Crippen molar-refractivity contribution < 1.29 is 14.0 Å². The van der Waals surface area contributed by atoms with Gasteiger partial charge in [0.25, 0.3) is 5.91 Å². The van der Waals surface area contributed by atoms with Crippen LogP contribution < -0.4 is 0 Å². The molecule has 2 fully saturated rings. The van der Waals surface area contributed by atoms with Crippen molar-refractivity contribution in [3.05, 3.63) is 23.2 Å². The number of hydrogen-bond donors (Lipinski definition) is 0. The van der Waals surface area contributed by atoms with Crippen LogP contribution in [0.15, 0.2) is 10.5 Å². The molecule has 0 aromatic carbocycles. The smallest absolute Gasteiger partial charge is 0.257 e. The van der Waals surface area contributed by atoms with E-state index in [0.29, 0.717) is 17.7 Å². The highest BCUT2D eigenvalue weighted by Crippen LogP contribution is 2.40. The number of amides is 2. The van der Waals surface area contributed by atoms with Gasteiger partial charge in [-0.1, -0.05) is 13.8 Å². The Morgan fingerprint density at radius 2 is 1.89 bits per heavy atom. The summed E-state index contributed by atoms with van der Waals surface area (Å²) in [6.07, 6.45) is 3.54. The Kier molecular flexibility index (Phi) is 5.94. The third-order valence-electron chi connectivity index (χ3n) is 6.45. The number of carbonyl (C=O) groups is 2. The molecule has 27 heavy (non-hydrogen) atoms. The van der Waals surface area contributed by atoms with Crippen LogP contribution in [-0.4, -0.2) is 66.3 Å². The van der Waals surface area contributed by atoms with Gasteiger partial charge in [0.1, 0.15) is 11.5 Å². The van der Waals surface area contributed by atoms with Gasteiger partial charge in [-0.05, 0) is 50.8 Å². The Morgan fingerprint density at radius 3 is 2.48 bits per heavy atom. The maximum atomic E-state index is 13.0. The molecule has 0 bridgehead atoms. The molecule has 1 aromatic rings. The van der Waals surface area contributed by atoms with E-state index >= 15 is 0 Å². The van der Waals surface area contributed by atoms with Gasteiger partial charge >= 0.3 is 0 Å². The minimum atomic E-state index is 0.0807. The molecular weight excluding hydrogens is 342 g/mol. The second-order valence-electron chi connectivity index (χ2n) is 8.19. The molecule has 0 unspecified atom stereocenters. The van der Waals surface area contributed by atoms with Crippen LogP contribution in [0, 0.1) is 12.3 Å². The van der Waals surface area contributed by atoms with Gasteiger partial charge in [-0.2, -0.15) is 0 Å². The van der Waals surface area contributed by atoms with Crippen LogP contribution in [0.4, 0.5) is 0 Å². The molecule has 0 aliphatic carbocycles. The number of carbonyl (C=O) groups excluding carboxylic acids is 2. The second kappa shape index (κ2) is 8.05. The van der Waals surface area contributed by atoms with Gasteiger partial charge in [0.05, 0.1) is 12.1 Å². The average molecular weight is 376 g/mol. The van der Waals surface area contributed by atoms with E-state index in [2.05, 4.69) is 18.7 Å². The van der Waals surface area contributed by atoms with Crippen LogP contribution in [0.25, 0.3) is 0 Å². The monoisotopic (exact) mass is 375 g/mol. The fourth-order valence-electron chi connectivity index (χ4n) is 4.50. The maximum absolute atomic E-state index is 13.0. The Balaban J connectivity index is 1.63. The summed E-state index contributed by atoms with van der Waals surface area (Å²) in [5.74, 6) is 1.90. The molecule has 0 N–H and O–H groups in total. The number of piperidine rings is 2. The molecule has 6 nitrogen and oxygen atoms in total. The topological polar surface area (TPSA) is 57.0 Å². The van der Waals surface area contributed by atoms with E-state index in [9.17, 15) is 9.59 Å². The predicted molar refractivity (Wildman–Crippen MR) is 105 cm³/mol. The molecule has 150 valence electrons. The summed E-state index contributed by atoms with van der Waals surface area (Å²) in [6.45, 7) is 11.2. The standard InChI is InChI=1S/C21H33N3O3/c1-5-23(6-2)14-17-13-18(16(3)27-17)20(26)24-11-9-21(10-12-24)8-7-19(25)22(4)15-21/h13H,5-12,14-15H2,1-4H3. The van der Waals surface area contributed by atoms with Gasteiger partial charge in [0, 0.05) is 33.1 Å². The molecule has 3 heterocycles. The first-order valence-electron chi connectivity index (χ1n) is 10.2. The molecule has 2 aliphatic heterocycles. The molecule has 2 saturated heterocycles. The Hall–Kier alpha value is -1.82. The van der Waals surface area contributed by atoms with Crippen molar-refractivity contribution >= 4 is 11.8 Å². The first kappa shape index (κ1) is 19.9. The van der Waals surface area contributed by atoms with Crippen LogP contribution >= 0.6 is 0 Å². The summed E-state index contributed by atoms with van der Waals surface area (Å²) in [4.78, 5) is 30.9. The zero-order valence-corrected chi connectivity index (χ0v) is 17.2. The fourth-order valence-corrected chi connectivity index (χ4v) is 4.50. The Bertz CT molecular complexity index is 685. The van der Waals surface area contributed by atoms with Gasteiger partial charge < -0.3 is 14.2 Å². The number of hydrogen-bond acceptors (Lipinski definition) is 4. The molecule has 6 heteroatoms. The predicted octanol–water partition coefficient (Wildman–Crippen LogP) is 2.90. The van der Waals surface area contributed by atoms with E-state index in [1.165, 1.54) is 0 Å². The van der Waals surface area contributed by atoms with Crippen LogP contribution in [0.1, 0.15) is 61.4 Å². The minimum Gasteiger partial charge on any atom is -0.464 e. The highest BCUT2D eigenvalue weighted by atomic mass is 16.3. The number of nitrogens with zero attached hydrogens (tertiary/aromatic N) is 3. The van der Waals surface area contributed by atoms with Crippen molar-refractivity contribution in [1.82, 2.24) is 14.7 Å². The van der Waals surface area contributed by atoms with Crippen molar-refractivity contribution in [2.45, 2.75) is 53.0 Å². The Labute approximate surface area is 162 Å². The number of rotatable bonds is 5. The third-order valence-corrected chi connectivity index (χ3v) is 6.45. The number of likely N-dealkylation sites (tertiary alicyclic amines) is 2. The molecule has 1 aromatic heterocycles. The van der Waals surface area contributed by atoms with Gasteiger partial charge in [-0.15, -0.1) is 0 Å². The van der Waals surface area contributed by atoms with Crippen molar-refractivity contribution in [1.29, 1.82) is 0 Å². The quantitative estimate of drug-likeness (QED) is 0.794. The Morgan fingerprint density at radius 1 is 1.22 bits per heavy atom. The molecule has 2 amide bonds. The normalized spacial score (nSPS) is 20.0. The van der Waals surface area contributed by atoms with Gasteiger partial charge in [-0.25, -0.2) is 0 Å². The second-order valence-corrected chi connectivity index (χ2v) is 8.19. The SMILES string of the molecule is CCN(CC)Cc1cc(C(=O)N2CCC3(CCC(=O)N(C)C3)CC2)c(C)o1. The fraction of sp³-hybridized carbons (Fsp3) is 0.714. The van der Waals surface area contributed by atoms with Crippen molar-refractivity contribution in [3.8, 4) is 0 Å². The van der Waals surface area contributed by atoms with E-state index in [4.69, 9.17) is 4.42 Å². The van der Waals surface area contributed by atoms with Crippen LogP contribution in [0.3, 0.4) is 0 Å². The van der Waals surface area contributed by atoms with Crippen molar-refractivity contribution in [3.63, 3.8) is 0 Å². The molecule has 0 atom stereocenters. The van der Waals surface area contributed by atoms with E-state index in [-0.39, 0.29) is 17.2 Å². The van der Waals surface area contributed by atoms with Crippen LogP contribution in [-0.2, 0) is 11.3 Å². The van der Waals surface area contributed by atoms with E-state index in [1.807, 2.05) is 29.8 Å². The lowest BCUT2D eigenvalue weighted by atomic mass is 9.72. The van der Waals surface area contributed by atoms with E-state index in [0.717, 1.165) is 64.3 Å². The summed E-state index contributed by atoms with van der Waals surface area (Å²) in [6, 6.07) is 1.92. The highest BCUT2D eigenvalue weighted by Gasteiger charge is 2.41. The molecule has 0 radical (unpaired) electrons. The first-order valence-corrected chi connectivity index (χ1v) is 10.2. The zero-order valence-electron chi connectivity index (χ0n) is 17.2. The lowest BCUT2D eigenvalue weighted by Crippen LogP contribution is -2.51. The van der Waals surface area contributed by atoms with Crippen LogP contribution in [0.2, 0.25) is 0 Å². The summed E-state index contributed by atoms with van der Waals surface area (Å²) in [5, 5.41) is 0. The third kappa shape index (κ3) is 4.21. The largest absolute Gasteiger partial charge is 0.464 e. The molecule has 2 aliphatic rings. The lowest BCUT2D eigenvalue weighted by molar-refractivity contribution is -0.137. The lowest BCUT2D eigenvalue weighted by Gasteiger charge is -2.46. The van der Waals surface area contributed by atoms with E-state index in [1.54, 1.807) is 0 Å². The maximum Gasteiger partial charge on any atom is 0.257 e. The van der Waals surface area contributed by atoms with Gasteiger partial charge in [0.2, 0.25) is 5.91 Å². The average Bonchev–Trinajstić information content (AvgIpc) is 3.03. The zero-order chi connectivity index (χ0) is 19.6. The minimum absolute atomic E-state index is 0.0807. The number of aryl methyl sites for hydroxylation is 1. The molecule has 3 rings (SSSR count). The van der Waals surface area contributed by atoms with Crippen molar-refractivity contribution in [2.75, 3.05) is 39.8 Å². The van der Waals surface area contributed by atoms with Gasteiger partial charge in [0.15, 0.2) is 0 Å². The summed E-state index contributed by atoms with van der Waals surface area (Å²) in [5.41, 5.74) is 0.891. The molecule has 0 saturated carbocycles. The van der Waals surface area contributed by atoms with E-state index < -0.39 is 0 Å². The summed E-state index contributed by atoms with van der Waals surface area (Å²) >= 11 is 0. The van der Waals surface area contributed by atoms with Crippen LogP contribution in [0.5, 0.6) is 0 Å². The highest BCUT2D eigenvalue weighted by molar-refractivity contribution is 5.95. The summed E-state index contributed by atoms with van der Waals surface area (Å²) < 4.78 is 5.86. The molecule has 1 spiro atoms. The van der Waals surface area contributed by atoms with Crippen molar-refractivity contribution in [2.24, 2.45) is 5.41 Å².